The average Bonchev–Trinajstić information content (AvgIpc) is 3.30. The number of H-pyrrole nitrogens is 1. The Morgan fingerprint density at radius 3 is 2.59 bits per heavy atom. The van der Waals surface area contributed by atoms with Crippen LogP contribution >= 0.6 is 0 Å². The maximum atomic E-state index is 13.5. The molecule has 2 fully saturated rings. The monoisotopic (exact) mass is 462 g/mol. The lowest BCUT2D eigenvalue weighted by Gasteiger charge is -2.47. The van der Waals surface area contributed by atoms with Crippen molar-refractivity contribution in [2.24, 2.45) is 5.41 Å². The second-order valence-electron chi connectivity index (χ2n) is 11.5. The topological polar surface area (TPSA) is 79.7 Å². The number of pyridine rings is 1. The zero-order chi connectivity index (χ0) is 23.9. The van der Waals surface area contributed by atoms with E-state index in [-0.39, 0.29) is 17.1 Å². The van der Waals surface area contributed by atoms with E-state index in [0.29, 0.717) is 5.41 Å². The van der Waals surface area contributed by atoms with E-state index in [9.17, 15) is 4.79 Å². The summed E-state index contributed by atoms with van der Waals surface area (Å²) in [6, 6.07) is 8.12. The zero-order valence-corrected chi connectivity index (χ0v) is 21.1. The number of hydrogen-bond acceptors (Lipinski definition) is 5. The van der Waals surface area contributed by atoms with E-state index in [1.165, 1.54) is 44.1 Å². The summed E-state index contributed by atoms with van der Waals surface area (Å²) in [6.45, 7) is 10.4. The number of aromatic amines is 1. The summed E-state index contributed by atoms with van der Waals surface area (Å²) in [4.78, 5) is 19.2. The van der Waals surface area contributed by atoms with Crippen molar-refractivity contribution >= 4 is 10.9 Å². The molecule has 1 spiro atoms. The van der Waals surface area contributed by atoms with Crippen LogP contribution in [0.25, 0.3) is 10.9 Å². The van der Waals surface area contributed by atoms with Crippen molar-refractivity contribution in [2.45, 2.75) is 90.6 Å². The lowest BCUT2D eigenvalue weighted by Crippen LogP contribution is -2.48. The molecule has 34 heavy (non-hydrogen) atoms. The minimum absolute atomic E-state index is 0.0477. The molecule has 1 aliphatic heterocycles. The third-order valence-corrected chi connectivity index (χ3v) is 7.98. The van der Waals surface area contributed by atoms with Crippen molar-refractivity contribution in [1.29, 1.82) is 0 Å². The number of fused-ring (bicyclic) bond motifs is 1. The van der Waals surface area contributed by atoms with E-state index in [4.69, 9.17) is 0 Å². The van der Waals surface area contributed by atoms with Crippen LogP contribution in [-0.2, 0) is 12.0 Å². The van der Waals surface area contributed by atoms with E-state index >= 15 is 0 Å². The largest absolute Gasteiger partial charge is 0.322 e. The molecule has 0 bridgehead atoms. The first-order chi connectivity index (χ1) is 16.3. The molecule has 0 radical (unpaired) electrons. The number of rotatable bonds is 4. The molecule has 2 aromatic heterocycles. The van der Waals surface area contributed by atoms with Crippen molar-refractivity contribution in [3.05, 3.63) is 51.6 Å². The van der Waals surface area contributed by atoms with Crippen molar-refractivity contribution in [1.82, 2.24) is 30.1 Å². The molecular formula is C27H38N6O. The molecule has 1 N–H and O–H groups in total. The highest BCUT2D eigenvalue weighted by Crippen LogP contribution is 2.45. The molecule has 1 saturated carbocycles. The van der Waals surface area contributed by atoms with Crippen molar-refractivity contribution in [3.8, 4) is 0 Å². The Kier molecular flexibility index (Phi) is 6.09. The van der Waals surface area contributed by atoms with E-state index in [1.807, 2.05) is 10.7 Å². The lowest BCUT2D eigenvalue weighted by molar-refractivity contribution is 0.0329. The molecule has 1 atom stereocenters. The van der Waals surface area contributed by atoms with Gasteiger partial charge in [0, 0.05) is 17.6 Å². The number of nitrogens with zero attached hydrogens (tertiary/aromatic N) is 5. The highest BCUT2D eigenvalue weighted by Gasteiger charge is 2.41. The summed E-state index contributed by atoms with van der Waals surface area (Å²) in [6.07, 6.45) is 9.95. The van der Waals surface area contributed by atoms with Crippen molar-refractivity contribution < 1.29 is 0 Å². The van der Waals surface area contributed by atoms with Gasteiger partial charge in [0.15, 0.2) is 5.82 Å². The number of likely N-dealkylation sites (tertiary alicyclic amines) is 1. The third kappa shape index (κ3) is 4.30. The number of hydrogen-bond donors (Lipinski definition) is 1. The van der Waals surface area contributed by atoms with E-state index in [1.54, 1.807) is 0 Å². The molecule has 0 amide bonds. The first kappa shape index (κ1) is 23.2. The van der Waals surface area contributed by atoms with Gasteiger partial charge in [-0.2, -0.15) is 0 Å². The smallest absolute Gasteiger partial charge is 0.253 e. The number of benzene rings is 1. The molecule has 5 rings (SSSR count). The molecule has 3 heterocycles. The minimum Gasteiger partial charge on any atom is -0.322 e. The summed E-state index contributed by atoms with van der Waals surface area (Å²) in [7, 11) is 0. The van der Waals surface area contributed by atoms with E-state index in [0.717, 1.165) is 48.2 Å². The van der Waals surface area contributed by atoms with Crippen LogP contribution in [0.1, 0.15) is 95.6 Å². The van der Waals surface area contributed by atoms with Crippen LogP contribution in [0, 0.1) is 5.41 Å². The standard InChI is InChI=1S/C27H38N6O/c1-5-19-10-11-22-20(16-19)17-21(25(34)28-22)23(24-29-30-31-33(24)26(2,3)4)32-15-9-14-27(18-32)12-7-6-8-13-27/h10-11,16-17,23H,5-9,12-15,18H2,1-4H3,(H,28,34)/t23-/m0/s1. The Morgan fingerprint density at radius 2 is 1.85 bits per heavy atom. The Morgan fingerprint density at radius 1 is 1.09 bits per heavy atom. The normalized spacial score (nSPS) is 20.1. The molecule has 7 heteroatoms. The van der Waals surface area contributed by atoms with Gasteiger partial charge in [0.05, 0.1) is 5.54 Å². The molecule has 0 unspecified atom stereocenters. The molecule has 7 nitrogen and oxygen atoms in total. The maximum Gasteiger partial charge on any atom is 0.253 e. The molecule has 1 aromatic carbocycles. The number of aromatic nitrogens is 5. The fraction of sp³-hybridized carbons (Fsp3) is 0.630. The molecular weight excluding hydrogens is 424 g/mol. The van der Waals surface area contributed by atoms with Gasteiger partial charge in [-0.1, -0.05) is 32.3 Å². The van der Waals surface area contributed by atoms with Gasteiger partial charge < -0.3 is 4.98 Å². The second-order valence-corrected chi connectivity index (χ2v) is 11.5. The van der Waals surface area contributed by atoms with Gasteiger partial charge in [-0.05, 0) is 104 Å². The maximum absolute atomic E-state index is 13.5. The van der Waals surface area contributed by atoms with Crippen LogP contribution in [0.5, 0.6) is 0 Å². The molecule has 2 aliphatic rings. The van der Waals surface area contributed by atoms with Crippen molar-refractivity contribution in [3.63, 3.8) is 0 Å². The zero-order valence-electron chi connectivity index (χ0n) is 21.1. The van der Waals surface area contributed by atoms with E-state index < -0.39 is 0 Å². The van der Waals surface area contributed by atoms with Crippen LogP contribution in [0.15, 0.2) is 29.1 Å². The Hall–Kier alpha value is -2.54. The second kappa shape index (κ2) is 8.91. The Balaban J connectivity index is 1.65. The fourth-order valence-electron chi connectivity index (χ4n) is 6.21. The van der Waals surface area contributed by atoms with Gasteiger partial charge >= 0.3 is 0 Å². The van der Waals surface area contributed by atoms with Crippen LogP contribution in [0.3, 0.4) is 0 Å². The summed E-state index contributed by atoms with van der Waals surface area (Å²) in [5.41, 5.74) is 2.91. The fourth-order valence-corrected chi connectivity index (χ4v) is 6.21. The number of nitrogens with one attached hydrogen (secondary N) is 1. The minimum atomic E-state index is -0.283. The van der Waals surface area contributed by atoms with Crippen LogP contribution in [0.4, 0.5) is 0 Å². The SMILES string of the molecule is CCc1ccc2[nH]c(=O)c([C@@H](c3nnnn3C(C)(C)C)N3CCCC4(CCCCC4)C3)cc2c1. The van der Waals surface area contributed by atoms with Crippen LogP contribution in [-0.4, -0.2) is 43.2 Å². The quantitative estimate of drug-likeness (QED) is 0.592. The molecule has 3 aromatic rings. The summed E-state index contributed by atoms with van der Waals surface area (Å²) < 4.78 is 1.91. The summed E-state index contributed by atoms with van der Waals surface area (Å²) >= 11 is 0. The highest BCUT2D eigenvalue weighted by molar-refractivity contribution is 5.80. The van der Waals surface area contributed by atoms with Crippen LogP contribution in [0.2, 0.25) is 0 Å². The molecule has 182 valence electrons. The summed E-state index contributed by atoms with van der Waals surface area (Å²) in [5, 5.41) is 14.0. The Bertz CT molecular complexity index is 1210. The third-order valence-electron chi connectivity index (χ3n) is 7.98. The Labute approximate surface area is 201 Å². The van der Waals surface area contributed by atoms with E-state index in [2.05, 4.69) is 71.3 Å². The first-order valence-corrected chi connectivity index (χ1v) is 13.0. The number of tetrazole rings is 1. The predicted octanol–water partition coefficient (Wildman–Crippen LogP) is 4.97. The summed E-state index contributed by atoms with van der Waals surface area (Å²) in [5.74, 6) is 0.761. The van der Waals surface area contributed by atoms with Gasteiger partial charge in [0.2, 0.25) is 0 Å². The number of aryl methyl sites for hydroxylation is 1. The van der Waals surface area contributed by atoms with Crippen LogP contribution < -0.4 is 5.56 Å². The molecule has 1 aliphatic carbocycles. The van der Waals surface area contributed by atoms with Gasteiger partial charge in [-0.3, -0.25) is 9.69 Å². The van der Waals surface area contributed by atoms with Gasteiger partial charge in [0.1, 0.15) is 6.04 Å². The van der Waals surface area contributed by atoms with Gasteiger partial charge in [0.25, 0.3) is 5.56 Å². The lowest BCUT2D eigenvalue weighted by atomic mass is 9.69. The van der Waals surface area contributed by atoms with Gasteiger partial charge in [-0.15, -0.1) is 5.10 Å². The number of piperidine rings is 1. The highest BCUT2D eigenvalue weighted by atomic mass is 16.1. The first-order valence-electron chi connectivity index (χ1n) is 13.0. The molecule has 1 saturated heterocycles. The van der Waals surface area contributed by atoms with Gasteiger partial charge in [-0.25, -0.2) is 4.68 Å². The average molecular weight is 463 g/mol. The van der Waals surface area contributed by atoms with Crippen molar-refractivity contribution in [2.75, 3.05) is 13.1 Å². The predicted molar refractivity (Wildman–Crippen MR) is 135 cm³/mol.